The van der Waals surface area contributed by atoms with Crippen LogP contribution < -0.4 is 28.5 Å². The molecular weight excluding hydrogens is 475 g/mol. The van der Waals surface area contributed by atoms with Crippen molar-refractivity contribution >= 4 is 21.8 Å². The van der Waals surface area contributed by atoms with E-state index in [4.69, 9.17) is 0 Å². The summed E-state index contributed by atoms with van der Waals surface area (Å²) in [5.74, 6) is 0. The fourth-order valence-corrected chi connectivity index (χ4v) is 3.70. The number of para-hydroxylation sites is 2. The Morgan fingerprint density at radius 1 is 0.586 bits per heavy atom. The van der Waals surface area contributed by atoms with Crippen molar-refractivity contribution in [3.63, 3.8) is 0 Å². The van der Waals surface area contributed by atoms with Gasteiger partial charge in [0, 0.05) is 28.6 Å². The lowest BCUT2D eigenvalue weighted by Crippen LogP contribution is -3.00. The Bertz CT molecular complexity index is 1180. The number of benzene rings is 3. The molecule has 5 heteroatoms. The third-order valence-electron chi connectivity index (χ3n) is 5.02. The van der Waals surface area contributed by atoms with E-state index >= 15 is 0 Å². The van der Waals surface area contributed by atoms with Crippen molar-refractivity contribution in [1.82, 2.24) is 4.57 Å². The van der Waals surface area contributed by atoms with Gasteiger partial charge in [-0.3, -0.25) is 0 Å². The van der Waals surface area contributed by atoms with Gasteiger partial charge in [-0.25, -0.2) is 4.57 Å². The summed E-state index contributed by atoms with van der Waals surface area (Å²) in [6.07, 6.45) is 4.16. The first-order chi connectivity index (χ1) is 12.8. The number of hydrogen-bond donors (Lipinski definition) is 0. The Morgan fingerprint density at radius 3 is 1.55 bits per heavy atom. The molecule has 0 amide bonds. The first kappa shape index (κ1) is 22.5. The number of rotatable bonds is 2. The highest BCUT2D eigenvalue weighted by molar-refractivity contribution is 6.09. The van der Waals surface area contributed by atoms with Gasteiger partial charge in [0.1, 0.15) is 7.05 Å². The zero-order valence-corrected chi connectivity index (χ0v) is 18.2. The van der Waals surface area contributed by atoms with Crippen LogP contribution in [0.2, 0.25) is 0 Å². The maximum atomic E-state index is 2.35. The maximum absolute atomic E-state index is 2.35. The molecule has 2 heterocycles. The molecule has 29 heavy (non-hydrogen) atoms. The molecule has 0 radical (unpaired) electrons. The largest absolute Gasteiger partial charge is 1.00 e. The van der Waals surface area contributed by atoms with E-state index in [0.29, 0.717) is 0 Å². The molecule has 0 saturated heterocycles. The fraction of sp³-hybridized carbons (Fsp3) is 0.0417. The summed E-state index contributed by atoms with van der Waals surface area (Å²) in [7, 11) is 2.04. The number of hydrogen-bond acceptors (Lipinski definition) is 0. The van der Waals surface area contributed by atoms with Crippen LogP contribution >= 0.6 is 0 Å². The highest BCUT2D eigenvalue weighted by atomic mass is 127. The van der Waals surface area contributed by atoms with E-state index in [9.17, 15) is 0 Å². The summed E-state index contributed by atoms with van der Waals surface area (Å²) in [5, 5.41) is 2.59. The summed E-state index contributed by atoms with van der Waals surface area (Å²) in [5.41, 5.74) is 6.14. The van der Waals surface area contributed by atoms with Gasteiger partial charge in [0.25, 0.3) is 0 Å². The Kier molecular flexibility index (Phi) is 7.13. The van der Waals surface area contributed by atoms with E-state index in [0.717, 1.165) is 0 Å². The molecule has 5 aromatic rings. The molecule has 0 aliphatic heterocycles. The van der Waals surface area contributed by atoms with Crippen molar-refractivity contribution in [2.45, 2.75) is 0 Å². The SMILES string of the molecule is C[n+]1ccc(-c2ccc(-n3c4ccccc4c4ccccc43)cc2)cc1.O.O.[I-]. The molecular formula is C24H23IN2O2. The smallest absolute Gasteiger partial charge is 0.169 e. The van der Waals surface area contributed by atoms with Gasteiger partial charge >= 0.3 is 0 Å². The first-order valence-electron chi connectivity index (χ1n) is 8.85. The number of fused-ring (bicyclic) bond motifs is 3. The van der Waals surface area contributed by atoms with Crippen LogP contribution in [0, 0.1) is 0 Å². The van der Waals surface area contributed by atoms with Gasteiger partial charge < -0.3 is 39.5 Å². The molecule has 4 nitrogen and oxygen atoms in total. The topological polar surface area (TPSA) is 71.8 Å². The van der Waals surface area contributed by atoms with Gasteiger partial charge in [-0.1, -0.05) is 48.5 Å². The van der Waals surface area contributed by atoms with Gasteiger partial charge in [0.15, 0.2) is 12.4 Å². The Hall–Kier alpha value is -2.74. The van der Waals surface area contributed by atoms with E-state index in [2.05, 4.69) is 106 Å². The number of pyridine rings is 1. The quantitative estimate of drug-likeness (QED) is 0.253. The summed E-state index contributed by atoms with van der Waals surface area (Å²) >= 11 is 0. The van der Waals surface area contributed by atoms with E-state index < -0.39 is 0 Å². The van der Waals surface area contributed by atoms with Gasteiger partial charge in [-0.15, -0.1) is 0 Å². The van der Waals surface area contributed by atoms with E-state index in [1.807, 2.05) is 7.05 Å². The average molecular weight is 498 g/mol. The molecule has 148 valence electrons. The van der Waals surface area contributed by atoms with Crippen molar-refractivity contribution < 1.29 is 39.5 Å². The molecule has 3 aromatic carbocycles. The van der Waals surface area contributed by atoms with Crippen molar-refractivity contribution in [3.05, 3.63) is 97.3 Å². The van der Waals surface area contributed by atoms with E-state index in [1.165, 1.54) is 38.6 Å². The second-order valence-electron chi connectivity index (χ2n) is 6.67. The highest BCUT2D eigenvalue weighted by Gasteiger charge is 2.11. The third kappa shape index (κ3) is 3.89. The summed E-state index contributed by atoms with van der Waals surface area (Å²) < 4.78 is 4.40. The molecule has 2 aromatic heterocycles. The minimum atomic E-state index is 0. The van der Waals surface area contributed by atoms with Crippen molar-refractivity contribution in [2.75, 3.05) is 0 Å². The zero-order chi connectivity index (χ0) is 17.5. The maximum Gasteiger partial charge on any atom is 0.169 e. The second-order valence-corrected chi connectivity index (χ2v) is 6.67. The molecule has 0 fully saturated rings. The molecule has 5 rings (SSSR count). The fourth-order valence-electron chi connectivity index (χ4n) is 3.70. The standard InChI is InChI=1S/C24H19N2.HI.2H2O/c1-25-16-14-19(15-17-25)18-10-12-20(13-11-18)26-23-8-4-2-6-21(23)22-7-3-5-9-24(22)26;;;/h2-17H,1H3;1H;2*1H2/q+1;;;/p-1. The van der Waals surface area contributed by atoms with Crippen LogP contribution in [0.1, 0.15) is 0 Å². The normalized spacial score (nSPS) is 10.1. The average Bonchev–Trinajstić information content (AvgIpc) is 3.03. The molecule has 0 bridgehead atoms. The Labute approximate surface area is 186 Å². The summed E-state index contributed by atoms with van der Waals surface area (Å²) in [6, 6.07) is 30.3. The lowest BCUT2D eigenvalue weighted by Gasteiger charge is -2.09. The van der Waals surface area contributed by atoms with Crippen LogP contribution in [0.4, 0.5) is 0 Å². The molecule has 0 unspecified atom stereocenters. The Morgan fingerprint density at radius 2 is 1.03 bits per heavy atom. The minimum Gasteiger partial charge on any atom is -1.00 e. The van der Waals surface area contributed by atoms with Crippen molar-refractivity contribution in [3.8, 4) is 16.8 Å². The third-order valence-corrected chi connectivity index (χ3v) is 5.02. The minimum absolute atomic E-state index is 0. The van der Waals surface area contributed by atoms with Gasteiger partial charge in [-0.2, -0.15) is 0 Å². The molecule has 0 aliphatic rings. The monoisotopic (exact) mass is 498 g/mol. The number of aromatic nitrogens is 2. The van der Waals surface area contributed by atoms with E-state index in [-0.39, 0.29) is 34.9 Å². The second kappa shape index (κ2) is 9.17. The van der Waals surface area contributed by atoms with Crippen molar-refractivity contribution in [2.24, 2.45) is 7.05 Å². The molecule has 0 saturated carbocycles. The van der Waals surface area contributed by atoms with Gasteiger partial charge in [0.2, 0.25) is 0 Å². The number of nitrogens with zero attached hydrogens (tertiary/aromatic N) is 2. The molecule has 0 aliphatic carbocycles. The van der Waals surface area contributed by atoms with Crippen LogP contribution in [-0.2, 0) is 7.05 Å². The predicted molar refractivity (Wildman–Crippen MR) is 115 cm³/mol. The summed E-state index contributed by atoms with van der Waals surface area (Å²) in [6.45, 7) is 0. The number of aryl methyl sites for hydroxylation is 1. The van der Waals surface area contributed by atoms with E-state index in [1.54, 1.807) is 0 Å². The van der Waals surface area contributed by atoms with Crippen LogP contribution in [-0.4, -0.2) is 15.5 Å². The van der Waals surface area contributed by atoms with Gasteiger partial charge in [-0.05, 0) is 35.4 Å². The summed E-state index contributed by atoms with van der Waals surface area (Å²) in [4.78, 5) is 0. The number of halogens is 1. The Balaban J connectivity index is 0.000001000. The molecule has 0 atom stereocenters. The first-order valence-corrected chi connectivity index (χ1v) is 8.85. The van der Waals surface area contributed by atoms with Crippen molar-refractivity contribution in [1.29, 1.82) is 0 Å². The predicted octanol–water partition coefficient (Wildman–Crippen LogP) is 0.630. The van der Waals surface area contributed by atoms with Crippen LogP contribution in [0.5, 0.6) is 0 Å². The molecule has 4 N–H and O–H groups in total. The lowest BCUT2D eigenvalue weighted by molar-refractivity contribution is -0.671. The highest BCUT2D eigenvalue weighted by Crippen LogP contribution is 2.32. The zero-order valence-electron chi connectivity index (χ0n) is 16.0. The lowest BCUT2D eigenvalue weighted by atomic mass is 10.1. The van der Waals surface area contributed by atoms with Crippen LogP contribution in [0.15, 0.2) is 97.3 Å². The molecule has 0 spiro atoms. The van der Waals surface area contributed by atoms with Crippen LogP contribution in [0.3, 0.4) is 0 Å². The van der Waals surface area contributed by atoms with Crippen LogP contribution in [0.25, 0.3) is 38.6 Å². The van der Waals surface area contributed by atoms with Gasteiger partial charge in [0.05, 0.1) is 11.0 Å².